The lowest BCUT2D eigenvalue weighted by molar-refractivity contribution is -0.137. The minimum absolute atomic E-state index is 0.0423. The third kappa shape index (κ3) is 5.84. The van der Waals surface area contributed by atoms with Crippen molar-refractivity contribution in [3.63, 3.8) is 0 Å². The maximum Gasteiger partial charge on any atom is 0.407 e. The predicted molar refractivity (Wildman–Crippen MR) is 133 cm³/mol. The Morgan fingerprint density at radius 2 is 1.63 bits per heavy atom. The van der Waals surface area contributed by atoms with Crippen LogP contribution in [0.4, 0.5) is 4.79 Å². The summed E-state index contributed by atoms with van der Waals surface area (Å²) in [6.45, 7) is 2.04. The van der Waals surface area contributed by atoms with E-state index in [-0.39, 0.29) is 36.8 Å². The standard InChI is InChI=1S/C28H34N2O5/c1-2-24(27(33)29-25-14-8-3-9-18(25)15-16-26(31)32)30-28(34)35-17-23-21-12-6-4-10-19(21)20-11-5-7-13-22(20)23/h4-7,10-13,18,23-25H,2-3,8-9,14-17H2,1H3,(H,29,33)(H,30,34)(H,31,32)/t18?,24-,25?/m0/s1. The van der Waals surface area contributed by atoms with Crippen molar-refractivity contribution in [3.8, 4) is 11.1 Å². The number of carbonyl (C=O) groups is 3. The second-order valence-electron chi connectivity index (χ2n) is 9.52. The van der Waals surface area contributed by atoms with Crippen LogP contribution in [0, 0.1) is 5.92 Å². The molecule has 35 heavy (non-hydrogen) atoms. The molecule has 1 saturated carbocycles. The van der Waals surface area contributed by atoms with E-state index in [4.69, 9.17) is 9.84 Å². The van der Waals surface area contributed by atoms with E-state index in [9.17, 15) is 14.4 Å². The molecule has 0 radical (unpaired) electrons. The predicted octanol–water partition coefficient (Wildman–Crippen LogP) is 4.84. The number of aliphatic carboxylic acids is 1. The van der Waals surface area contributed by atoms with Crippen molar-refractivity contribution >= 4 is 18.0 Å². The van der Waals surface area contributed by atoms with Gasteiger partial charge in [-0.05, 0) is 53.9 Å². The van der Waals surface area contributed by atoms with Gasteiger partial charge < -0.3 is 20.5 Å². The van der Waals surface area contributed by atoms with Crippen LogP contribution >= 0.6 is 0 Å². The molecule has 2 aliphatic carbocycles. The summed E-state index contributed by atoms with van der Waals surface area (Å²) in [6, 6.07) is 15.5. The number of carboxylic acid groups (broad SMARTS) is 1. The number of hydrogen-bond donors (Lipinski definition) is 3. The number of nitrogens with one attached hydrogen (secondary N) is 2. The van der Waals surface area contributed by atoms with Crippen LogP contribution < -0.4 is 10.6 Å². The molecule has 0 spiro atoms. The molecule has 7 nitrogen and oxygen atoms in total. The molecular formula is C28H34N2O5. The summed E-state index contributed by atoms with van der Waals surface area (Å²) in [5.41, 5.74) is 4.59. The van der Waals surface area contributed by atoms with E-state index in [1.807, 2.05) is 31.2 Å². The second-order valence-corrected chi connectivity index (χ2v) is 9.52. The summed E-state index contributed by atoms with van der Waals surface area (Å²) < 4.78 is 5.60. The first-order valence-corrected chi connectivity index (χ1v) is 12.6. The Bertz CT molecular complexity index is 1020. The summed E-state index contributed by atoms with van der Waals surface area (Å²) >= 11 is 0. The molecule has 2 unspecified atom stereocenters. The number of ether oxygens (including phenoxy) is 1. The second kappa shape index (κ2) is 11.4. The highest BCUT2D eigenvalue weighted by atomic mass is 16.5. The zero-order valence-corrected chi connectivity index (χ0v) is 20.2. The summed E-state index contributed by atoms with van der Waals surface area (Å²) in [7, 11) is 0. The van der Waals surface area contributed by atoms with Gasteiger partial charge in [-0.25, -0.2) is 4.79 Å². The summed E-state index contributed by atoms with van der Waals surface area (Å²) in [5, 5.41) is 14.8. The molecule has 7 heteroatoms. The molecule has 3 atom stereocenters. The number of alkyl carbamates (subject to hydrolysis) is 1. The Kier molecular flexibility index (Phi) is 8.06. The maximum absolute atomic E-state index is 13.0. The SMILES string of the molecule is CC[C@H](NC(=O)OCC1c2ccccc2-c2ccccc21)C(=O)NC1CCCCC1CCC(=O)O. The fraction of sp³-hybridized carbons (Fsp3) is 0.464. The molecule has 0 bridgehead atoms. The zero-order valence-electron chi connectivity index (χ0n) is 20.2. The Balaban J connectivity index is 1.33. The van der Waals surface area contributed by atoms with Crippen LogP contribution in [0.25, 0.3) is 11.1 Å². The highest BCUT2D eigenvalue weighted by molar-refractivity contribution is 5.86. The Morgan fingerprint density at radius 3 is 2.26 bits per heavy atom. The van der Waals surface area contributed by atoms with Gasteiger partial charge in [0, 0.05) is 18.4 Å². The highest BCUT2D eigenvalue weighted by Gasteiger charge is 2.31. The number of rotatable bonds is 9. The van der Waals surface area contributed by atoms with Gasteiger partial charge in [-0.3, -0.25) is 9.59 Å². The van der Waals surface area contributed by atoms with E-state index < -0.39 is 18.1 Å². The molecule has 0 aliphatic heterocycles. The Labute approximate surface area is 206 Å². The number of benzene rings is 2. The quantitative estimate of drug-likeness (QED) is 0.478. The molecule has 0 aromatic heterocycles. The van der Waals surface area contributed by atoms with Crippen LogP contribution in [0.5, 0.6) is 0 Å². The third-order valence-corrected chi connectivity index (χ3v) is 7.33. The summed E-state index contributed by atoms with van der Waals surface area (Å²) in [4.78, 5) is 36.6. The van der Waals surface area contributed by atoms with E-state index in [0.29, 0.717) is 12.8 Å². The molecule has 186 valence electrons. The average Bonchev–Trinajstić information content (AvgIpc) is 3.19. The molecule has 2 aliphatic rings. The highest BCUT2D eigenvalue weighted by Crippen LogP contribution is 2.44. The van der Waals surface area contributed by atoms with Crippen molar-refractivity contribution in [2.24, 2.45) is 5.92 Å². The van der Waals surface area contributed by atoms with Crippen molar-refractivity contribution in [1.29, 1.82) is 0 Å². The third-order valence-electron chi connectivity index (χ3n) is 7.33. The van der Waals surface area contributed by atoms with Crippen LogP contribution in [-0.4, -0.2) is 41.8 Å². The maximum atomic E-state index is 13.0. The average molecular weight is 479 g/mol. The Morgan fingerprint density at radius 1 is 1.00 bits per heavy atom. The minimum atomic E-state index is -0.816. The van der Waals surface area contributed by atoms with Gasteiger partial charge in [0.15, 0.2) is 0 Å². The van der Waals surface area contributed by atoms with E-state index in [2.05, 4.69) is 34.9 Å². The lowest BCUT2D eigenvalue weighted by Gasteiger charge is -2.33. The van der Waals surface area contributed by atoms with Crippen molar-refractivity contribution in [1.82, 2.24) is 10.6 Å². The first-order chi connectivity index (χ1) is 17.0. The molecule has 1 fully saturated rings. The lowest BCUT2D eigenvalue weighted by atomic mass is 9.81. The first-order valence-electron chi connectivity index (χ1n) is 12.6. The lowest BCUT2D eigenvalue weighted by Crippen LogP contribution is -2.51. The van der Waals surface area contributed by atoms with Crippen molar-refractivity contribution < 1.29 is 24.2 Å². The van der Waals surface area contributed by atoms with E-state index in [0.717, 1.165) is 47.9 Å². The number of amides is 2. The monoisotopic (exact) mass is 478 g/mol. The van der Waals surface area contributed by atoms with Crippen LogP contribution in [-0.2, 0) is 14.3 Å². The van der Waals surface area contributed by atoms with E-state index in [1.165, 1.54) is 0 Å². The van der Waals surface area contributed by atoms with E-state index in [1.54, 1.807) is 0 Å². The van der Waals surface area contributed by atoms with Crippen molar-refractivity contribution in [2.75, 3.05) is 6.61 Å². The smallest absolute Gasteiger partial charge is 0.407 e. The van der Waals surface area contributed by atoms with E-state index >= 15 is 0 Å². The fourth-order valence-electron chi connectivity index (χ4n) is 5.47. The zero-order chi connectivity index (χ0) is 24.8. The number of hydrogen-bond acceptors (Lipinski definition) is 4. The van der Waals surface area contributed by atoms with Crippen LogP contribution in [0.15, 0.2) is 48.5 Å². The first kappa shape index (κ1) is 24.8. The molecule has 2 aromatic carbocycles. The molecule has 3 N–H and O–H groups in total. The largest absolute Gasteiger partial charge is 0.481 e. The molecule has 2 aromatic rings. The molecule has 0 saturated heterocycles. The van der Waals surface area contributed by atoms with Crippen LogP contribution in [0.1, 0.15) is 68.9 Å². The minimum Gasteiger partial charge on any atom is -0.481 e. The van der Waals surface area contributed by atoms with Gasteiger partial charge in [0.25, 0.3) is 0 Å². The summed E-state index contributed by atoms with van der Waals surface area (Å²) in [6.07, 6.45) is 4.27. The van der Waals surface area contributed by atoms with Gasteiger partial charge >= 0.3 is 12.1 Å². The fourth-order valence-corrected chi connectivity index (χ4v) is 5.47. The summed E-state index contributed by atoms with van der Waals surface area (Å²) in [5.74, 6) is -0.952. The molecule has 4 rings (SSSR count). The van der Waals surface area contributed by atoms with Crippen molar-refractivity contribution in [3.05, 3.63) is 59.7 Å². The Hall–Kier alpha value is -3.35. The van der Waals surface area contributed by atoms with Gasteiger partial charge in [0.2, 0.25) is 5.91 Å². The topological polar surface area (TPSA) is 105 Å². The van der Waals surface area contributed by atoms with Crippen LogP contribution in [0.2, 0.25) is 0 Å². The van der Waals surface area contributed by atoms with Crippen LogP contribution in [0.3, 0.4) is 0 Å². The van der Waals surface area contributed by atoms with Crippen molar-refractivity contribution in [2.45, 2.75) is 69.9 Å². The number of carboxylic acids is 1. The van der Waals surface area contributed by atoms with Gasteiger partial charge in [-0.15, -0.1) is 0 Å². The van der Waals surface area contributed by atoms with Gasteiger partial charge in [-0.1, -0.05) is 68.3 Å². The van der Waals surface area contributed by atoms with Gasteiger partial charge in [0.1, 0.15) is 12.6 Å². The molecule has 0 heterocycles. The number of fused-ring (bicyclic) bond motifs is 3. The number of carbonyl (C=O) groups excluding carboxylic acids is 2. The molecule has 2 amide bonds. The normalized spacial score (nSPS) is 19.8. The van der Waals surface area contributed by atoms with Gasteiger partial charge in [0.05, 0.1) is 0 Å². The molecular weight excluding hydrogens is 444 g/mol. The van der Waals surface area contributed by atoms with Gasteiger partial charge in [-0.2, -0.15) is 0 Å².